The third kappa shape index (κ3) is 3.17. The van der Waals surface area contributed by atoms with Gasteiger partial charge in [-0.1, -0.05) is 0 Å². The molecule has 2 bridgehead atoms. The molecule has 3 saturated heterocycles. The van der Waals surface area contributed by atoms with E-state index < -0.39 is 0 Å². The maximum Gasteiger partial charge on any atom is 0.264 e. The summed E-state index contributed by atoms with van der Waals surface area (Å²) in [4.78, 5) is 44.3. The van der Waals surface area contributed by atoms with Crippen molar-refractivity contribution in [1.82, 2.24) is 14.7 Å². The number of fused-ring (bicyclic) bond motifs is 4. The van der Waals surface area contributed by atoms with E-state index >= 15 is 0 Å². The van der Waals surface area contributed by atoms with Crippen LogP contribution in [-0.4, -0.2) is 72.2 Å². The van der Waals surface area contributed by atoms with E-state index in [1.807, 2.05) is 19.1 Å². The average molecular weight is 349 g/mol. The summed E-state index contributed by atoms with van der Waals surface area (Å²) in [5.41, 5.74) is 0. The van der Waals surface area contributed by atoms with Gasteiger partial charge in [-0.15, -0.1) is 11.3 Å². The van der Waals surface area contributed by atoms with Gasteiger partial charge in [0.05, 0.1) is 10.8 Å². The van der Waals surface area contributed by atoms with Gasteiger partial charge in [0.1, 0.15) is 6.54 Å². The smallest absolute Gasteiger partial charge is 0.264 e. The highest BCUT2D eigenvalue weighted by molar-refractivity contribution is 7.13. The molecule has 0 aromatic carbocycles. The van der Waals surface area contributed by atoms with Crippen molar-refractivity contribution in [1.29, 1.82) is 0 Å². The summed E-state index contributed by atoms with van der Waals surface area (Å²) in [6.45, 7) is 3.05. The molecule has 3 aliphatic heterocycles. The monoisotopic (exact) mass is 349 g/mol. The summed E-state index contributed by atoms with van der Waals surface area (Å²) in [5, 5.41) is 0. The number of likely N-dealkylation sites (N-methyl/N-ethyl adjacent to an activating group) is 1. The number of hydrogen-bond acceptors (Lipinski definition) is 4. The van der Waals surface area contributed by atoms with Crippen molar-refractivity contribution in [3.63, 3.8) is 0 Å². The van der Waals surface area contributed by atoms with Crippen molar-refractivity contribution in [3.8, 4) is 0 Å². The Hall–Kier alpha value is -1.89. The first-order valence-electron chi connectivity index (χ1n) is 8.23. The van der Waals surface area contributed by atoms with E-state index in [1.165, 1.54) is 16.2 Å². The fourth-order valence-corrected chi connectivity index (χ4v) is 4.24. The number of thiophene rings is 1. The Balaban J connectivity index is 1.78. The van der Waals surface area contributed by atoms with E-state index in [9.17, 15) is 14.4 Å². The largest absolute Gasteiger partial charge is 0.347 e. The van der Waals surface area contributed by atoms with Crippen LogP contribution in [0.5, 0.6) is 0 Å². The van der Waals surface area contributed by atoms with Crippen LogP contribution in [0.2, 0.25) is 0 Å². The quantitative estimate of drug-likeness (QED) is 0.824. The van der Waals surface area contributed by atoms with Gasteiger partial charge in [0.2, 0.25) is 11.8 Å². The van der Waals surface area contributed by atoms with Gasteiger partial charge in [0, 0.05) is 38.1 Å². The Morgan fingerprint density at radius 2 is 2.00 bits per heavy atom. The van der Waals surface area contributed by atoms with Gasteiger partial charge in [0.25, 0.3) is 5.91 Å². The zero-order valence-electron chi connectivity index (χ0n) is 14.3. The first-order valence-corrected chi connectivity index (χ1v) is 9.05. The summed E-state index contributed by atoms with van der Waals surface area (Å²) >= 11 is 1.48. The lowest BCUT2D eigenvalue weighted by molar-refractivity contribution is -0.145. The van der Waals surface area contributed by atoms with Gasteiger partial charge in [-0.2, -0.15) is 0 Å². The van der Waals surface area contributed by atoms with Crippen molar-refractivity contribution in [2.24, 2.45) is 5.92 Å². The molecule has 3 amide bonds. The highest BCUT2D eigenvalue weighted by Gasteiger charge is 2.42. The summed E-state index contributed by atoms with van der Waals surface area (Å²) in [5.74, 6) is -0.260. The molecule has 0 aliphatic carbocycles. The van der Waals surface area contributed by atoms with Gasteiger partial charge < -0.3 is 14.7 Å². The van der Waals surface area contributed by atoms with Crippen LogP contribution in [0.4, 0.5) is 0 Å². The minimum absolute atomic E-state index is 0.00131. The van der Waals surface area contributed by atoms with Crippen LogP contribution in [0.25, 0.3) is 0 Å². The molecule has 24 heavy (non-hydrogen) atoms. The van der Waals surface area contributed by atoms with Crippen LogP contribution >= 0.6 is 11.3 Å². The molecule has 6 nitrogen and oxygen atoms in total. The lowest BCUT2D eigenvalue weighted by atomic mass is 9.94. The van der Waals surface area contributed by atoms with Crippen LogP contribution in [0.3, 0.4) is 0 Å². The summed E-state index contributed by atoms with van der Waals surface area (Å²) < 4.78 is 0. The second-order valence-electron chi connectivity index (χ2n) is 6.80. The Morgan fingerprint density at radius 3 is 2.62 bits per heavy atom. The number of rotatable bonds is 3. The number of hydrogen-bond donors (Lipinski definition) is 0. The molecule has 0 radical (unpaired) electrons. The standard InChI is InChI=1S/C17H23N3O3S/c1-11-4-7-14(24-11)17(23)19-8-12-5-6-13(9-19)20(16(12)22)10-15(21)18(2)3/h4,7,12-13H,5-6,8-10H2,1-3H3/t12-,13+/m1/s1. The molecule has 2 atom stereocenters. The molecule has 130 valence electrons. The second-order valence-corrected chi connectivity index (χ2v) is 8.09. The van der Waals surface area contributed by atoms with Crippen molar-refractivity contribution in [2.45, 2.75) is 25.8 Å². The number of carbonyl (C=O) groups excluding carboxylic acids is 3. The van der Waals surface area contributed by atoms with E-state index in [1.54, 1.807) is 23.9 Å². The number of carbonyl (C=O) groups is 3. The predicted octanol–water partition coefficient (Wildman–Crippen LogP) is 1.21. The lowest BCUT2D eigenvalue weighted by Gasteiger charge is -2.35. The minimum atomic E-state index is -0.191. The third-order valence-corrected chi connectivity index (χ3v) is 5.82. The van der Waals surface area contributed by atoms with Crippen molar-refractivity contribution >= 4 is 29.1 Å². The van der Waals surface area contributed by atoms with Crippen molar-refractivity contribution < 1.29 is 14.4 Å². The Labute approximate surface area is 146 Å². The highest BCUT2D eigenvalue weighted by atomic mass is 32.1. The maximum atomic E-state index is 12.8. The van der Waals surface area contributed by atoms with Crippen LogP contribution in [0.1, 0.15) is 27.4 Å². The number of aryl methyl sites for hydroxylation is 1. The van der Waals surface area contributed by atoms with Crippen molar-refractivity contribution in [2.75, 3.05) is 33.7 Å². The number of amides is 3. The van der Waals surface area contributed by atoms with Crippen LogP contribution < -0.4 is 0 Å². The maximum absolute atomic E-state index is 12.8. The van der Waals surface area contributed by atoms with Crippen molar-refractivity contribution in [3.05, 3.63) is 21.9 Å². The first-order chi connectivity index (χ1) is 11.4. The summed E-state index contributed by atoms with van der Waals surface area (Å²) in [6.07, 6.45) is 1.65. The Kier molecular flexibility index (Phi) is 4.62. The van der Waals surface area contributed by atoms with E-state index in [0.717, 1.165) is 22.6 Å². The molecule has 4 heterocycles. The molecule has 0 unspecified atom stereocenters. The molecule has 3 aliphatic rings. The molecule has 7 heteroatoms. The predicted molar refractivity (Wildman–Crippen MR) is 91.9 cm³/mol. The molecular formula is C17H23N3O3S. The van der Waals surface area contributed by atoms with Gasteiger partial charge in [-0.25, -0.2) is 0 Å². The molecule has 3 fully saturated rings. The molecule has 1 aromatic heterocycles. The molecule has 4 rings (SSSR count). The zero-order valence-corrected chi connectivity index (χ0v) is 15.1. The Morgan fingerprint density at radius 1 is 1.25 bits per heavy atom. The van der Waals surface area contributed by atoms with E-state index in [0.29, 0.717) is 13.1 Å². The second kappa shape index (κ2) is 6.55. The SMILES string of the molecule is Cc1ccc(C(=O)N2C[C@H]3CC[C@@H](C2)N(CC(=O)N(C)C)C3=O)s1. The Bertz CT molecular complexity index is 670. The fraction of sp³-hybridized carbons (Fsp3) is 0.588. The number of piperidine rings is 1. The van der Waals surface area contributed by atoms with Gasteiger partial charge in [0.15, 0.2) is 0 Å². The van der Waals surface area contributed by atoms with Gasteiger partial charge >= 0.3 is 0 Å². The highest BCUT2D eigenvalue weighted by Crippen LogP contribution is 2.30. The van der Waals surface area contributed by atoms with Gasteiger partial charge in [-0.05, 0) is 31.9 Å². The minimum Gasteiger partial charge on any atom is -0.347 e. The summed E-state index contributed by atoms with van der Waals surface area (Å²) in [6, 6.07) is 3.73. The van der Waals surface area contributed by atoms with Crippen LogP contribution in [0.15, 0.2) is 12.1 Å². The van der Waals surface area contributed by atoms with E-state index in [2.05, 4.69) is 0 Å². The lowest BCUT2D eigenvalue weighted by Crippen LogP contribution is -2.51. The normalized spacial score (nSPS) is 23.4. The molecular weight excluding hydrogens is 326 g/mol. The molecule has 0 saturated carbocycles. The molecule has 1 aromatic rings. The van der Waals surface area contributed by atoms with E-state index in [-0.39, 0.29) is 36.2 Å². The zero-order chi connectivity index (χ0) is 17.4. The summed E-state index contributed by atoms with van der Waals surface area (Å²) in [7, 11) is 3.38. The molecule has 0 spiro atoms. The van der Waals surface area contributed by atoms with Crippen LogP contribution in [0, 0.1) is 12.8 Å². The number of nitrogens with zero attached hydrogens (tertiary/aromatic N) is 3. The topological polar surface area (TPSA) is 60.9 Å². The van der Waals surface area contributed by atoms with Crippen LogP contribution in [-0.2, 0) is 9.59 Å². The first kappa shape index (κ1) is 17.0. The molecule has 0 N–H and O–H groups in total. The fourth-order valence-electron chi connectivity index (χ4n) is 3.41. The van der Waals surface area contributed by atoms with E-state index in [4.69, 9.17) is 0 Å². The average Bonchev–Trinajstić information content (AvgIpc) is 2.79. The third-order valence-electron chi connectivity index (χ3n) is 4.84. The van der Waals surface area contributed by atoms with Gasteiger partial charge in [-0.3, -0.25) is 14.4 Å².